The van der Waals surface area contributed by atoms with Crippen molar-refractivity contribution in [3.63, 3.8) is 0 Å². The maximum Gasteiger partial charge on any atom is 0.185 e. The molecule has 0 atom stereocenters. The van der Waals surface area contributed by atoms with E-state index < -0.39 is 0 Å². The van der Waals surface area contributed by atoms with Crippen molar-refractivity contribution in [3.8, 4) is 17.1 Å². The van der Waals surface area contributed by atoms with Crippen molar-refractivity contribution < 1.29 is 0 Å². The van der Waals surface area contributed by atoms with Gasteiger partial charge in [0.15, 0.2) is 5.82 Å². The molecule has 0 aliphatic heterocycles. The van der Waals surface area contributed by atoms with Gasteiger partial charge in [-0.3, -0.25) is 4.98 Å². The second-order valence-electron chi connectivity index (χ2n) is 4.04. The van der Waals surface area contributed by atoms with E-state index in [-0.39, 0.29) is 0 Å². The van der Waals surface area contributed by atoms with Crippen molar-refractivity contribution >= 4 is 11.4 Å². The number of nitrogens with zero attached hydrogens (tertiary/aromatic N) is 4. The lowest BCUT2D eigenvalue weighted by molar-refractivity contribution is 0.875. The fraction of sp³-hybridized carbons (Fsp3) is 0. The molecule has 4 N–H and O–H groups in total. The molecule has 19 heavy (non-hydrogen) atoms. The zero-order chi connectivity index (χ0) is 13.2. The van der Waals surface area contributed by atoms with Gasteiger partial charge in [-0.15, -0.1) is 5.10 Å². The van der Waals surface area contributed by atoms with Crippen LogP contribution in [0, 0.1) is 0 Å². The van der Waals surface area contributed by atoms with E-state index in [1.807, 2.05) is 12.1 Å². The van der Waals surface area contributed by atoms with E-state index in [1.165, 1.54) is 0 Å². The van der Waals surface area contributed by atoms with Crippen LogP contribution in [0.25, 0.3) is 17.1 Å². The zero-order valence-electron chi connectivity index (χ0n) is 10.1. The zero-order valence-corrected chi connectivity index (χ0v) is 10.1. The van der Waals surface area contributed by atoms with Crippen LogP contribution in [0.1, 0.15) is 0 Å². The highest BCUT2D eigenvalue weighted by molar-refractivity contribution is 5.82. The molecule has 0 aliphatic carbocycles. The van der Waals surface area contributed by atoms with Crippen LogP contribution in [0.15, 0.2) is 49.1 Å². The maximum absolute atomic E-state index is 5.92. The van der Waals surface area contributed by atoms with Crippen molar-refractivity contribution in [2.75, 3.05) is 11.5 Å². The summed E-state index contributed by atoms with van der Waals surface area (Å²) in [5.74, 6) is 0.499. The quantitative estimate of drug-likeness (QED) is 0.674. The van der Waals surface area contributed by atoms with E-state index in [0.717, 1.165) is 5.69 Å². The first-order chi connectivity index (χ1) is 9.25. The number of benzene rings is 1. The second-order valence-corrected chi connectivity index (χ2v) is 4.04. The van der Waals surface area contributed by atoms with Crippen molar-refractivity contribution in [2.45, 2.75) is 0 Å². The minimum atomic E-state index is 0.499. The lowest BCUT2D eigenvalue weighted by atomic mass is 10.1. The van der Waals surface area contributed by atoms with Crippen molar-refractivity contribution in [1.29, 1.82) is 0 Å². The fourth-order valence-corrected chi connectivity index (χ4v) is 1.84. The summed E-state index contributed by atoms with van der Waals surface area (Å²) in [5.41, 5.74) is 14.4. The van der Waals surface area contributed by atoms with Crippen molar-refractivity contribution in [1.82, 2.24) is 19.7 Å². The molecule has 6 nitrogen and oxygen atoms in total. The SMILES string of the molecule is Nc1cccc(N)c1-c1ncn(-c2cccnc2)n1. The molecule has 0 radical (unpaired) electrons. The van der Waals surface area contributed by atoms with Crippen LogP contribution >= 0.6 is 0 Å². The summed E-state index contributed by atoms with van der Waals surface area (Å²) in [5, 5.41) is 4.38. The molecule has 2 aromatic heterocycles. The minimum absolute atomic E-state index is 0.499. The van der Waals surface area contributed by atoms with Gasteiger partial charge in [0.2, 0.25) is 0 Å². The van der Waals surface area contributed by atoms with Gasteiger partial charge in [-0.2, -0.15) is 0 Å². The molecule has 3 aromatic rings. The monoisotopic (exact) mass is 252 g/mol. The van der Waals surface area contributed by atoms with Crippen LogP contribution in [-0.2, 0) is 0 Å². The average Bonchev–Trinajstić information content (AvgIpc) is 2.89. The highest BCUT2D eigenvalue weighted by atomic mass is 15.3. The van der Waals surface area contributed by atoms with E-state index >= 15 is 0 Å². The summed E-state index contributed by atoms with van der Waals surface area (Å²) in [6.07, 6.45) is 5.02. The van der Waals surface area contributed by atoms with Crippen LogP contribution in [-0.4, -0.2) is 19.7 Å². The largest absolute Gasteiger partial charge is 0.398 e. The van der Waals surface area contributed by atoms with Gasteiger partial charge in [-0.25, -0.2) is 9.67 Å². The molecule has 6 heteroatoms. The Bertz CT molecular complexity index is 684. The Balaban J connectivity index is 2.07. The third-order valence-corrected chi connectivity index (χ3v) is 2.75. The Morgan fingerprint density at radius 1 is 1.00 bits per heavy atom. The standard InChI is InChI=1S/C13H12N6/c14-10-4-1-5-11(15)12(10)13-17-8-19(18-13)9-3-2-6-16-7-9/h1-8H,14-15H2. The van der Waals surface area contributed by atoms with Crippen LogP contribution in [0.5, 0.6) is 0 Å². The van der Waals surface area contributed by atoms with E-state index in [0.29, 0.717) is 22.8 Å². The second kappa shape index (κ2) is 4.41. The first-order valence-corrected chi connectivity index (χ1v) is 5.72. The summed E-state index contributed by atoms with van der Waals surface area (Å²) in [6.45, 7) is 0. The molecular weight excluding hydrogens is 240 g/mol. The van der Waals surface area contributed by atoms with Gasteiger partial charge in [-0.05, 0) is 24.3 Å². The molecular formula is C13H12N6. The Hall–Kier alpha value is -2.89. The molecule has 2 heterocycles. The molecule has 0 bridgehead atoms. The Morgan fingerprint density at radius 2 is 1.79 bits per heavy atom. The number of rotatable bonds is 2. The molecule has 1 aromatic carbocycles. The molecule has 0 aliphatic rings. The van der Waals surface area contributed by atoms with Gasteiger partial charge in [0.25, 0.3) is 0 Å². The molecule has 3 rings (SSSR count). The normalized spacial score (nSPS) is 10.5. The topological polar surface area (TPSA) is 95.6 Å². The lowest BCUT2D eigenvalue weighted by Gasteiger charge is -2.04. The van der Waals surface area contributed by atoms with E-state index in [9.17, 15) is 0 Å². The maximum atomic E-state index is 5.92. The summed E-state index contributed by atoms with van der Waals surface area (Å²) < 4.78 is 1.63. The predicted molar refractivity (Wildman–Crippen MR) is 73.4 cm³/mol. The van der Waals surface area contributed by atoms with Crippen molar-refractivity contribution in [2.24, 2.45) is 0 Å². The smallest absolute Gasteiger partial charge is 0.185 e. The molecule has 0 amide bonds. The number of anilines is 2. The molecule has 0 unspecified atom stereocenters. The van der Waals surface area contributed by atoms with Crippen LogP contribution in [0.2, 0.25) is 0 Å². The minimum Gasteiger partial charge on any atom is -0.398 e. The first kappa shape index (κ1) is 11.2. The molecule has 0 saturated carbocycles. The summed E-state index contributed by atoms with van der Waals surface area (Å²) in [7, 11) is 0. The highest BCUT2D eigenvalue weighted by Crippen LogP contribution is 2.28. The summed E-state index contributed by atoms with van der Waals surface area (Å²) in [6, 6.07) is 9.07. The van der Waals surface area contributed by atoms with Gasteiger partial charge in [0.1, 0.15) is 6.33 Å². The number of hydrogen-bond acceptors (Lipinski definition) is 5. The van der Waals surface area contributed by atoms with Gasteiger partial charge in [0.05, 0.1) is 17.4 Å². The third-order valence-electron chi connectivity index (χ3n) is 2.75. The Morgan fingerprint density at radius 3 is 2.47 bits per heavy atom. The van der Waals surface area contributed by atoms with E-state index in [4.69, 9.17) is 11.5 Å². The Labute approximate surface area is 109 Å². The highest BCUT2D eigenvalue weighted by Gasteiger charge is 2.11. The number of hydrogen-bond donors (Lipinski definition) is 2. The molecule has 94 valence electrons. The van der Waals surface area contributed by atoms with Gasteiger partial charge >= 0.3 is 0 Å². The van der Waals surface area contributed by atoms with Crippen LogP contribution < -0.4 is 11.5 Å². The molecule has 0 saturated heterocycles. The van der Waals surface area contributed by atoms with Crippen LogP contribution in [0.4, 0.5) is 11.4 Å². The van der Waals surface area contributed by atoms with E-state index in [2.05, 4.69) is 15.1 Å². The van der Waals surface area contributed by atoms with Gasteiger partial charge in [-0.1, -0.05) is 6.07 Å². The number of aromatic nitrogens is 4. The van der Waals surface area contributed by atoms with Crippen molar-refractivity contribution in [3.05, 3.63) is 49.1 Å². The van der Waals surface area contributed by atoms with Gasteiger partial charge < -0.3 is 11.5 Å². The Kier molecular flexibility index (Phi) is 2.60. The third kappa shape index (κ3) is 1.99. The molecule has 0 fully saturated rings. The number of pyridine rings is 1. The van der Waals surface area contributed by atoms with E-state index in [1.54, 1.807) is 41.6 Å². The summed E-state index contributed by atoms with van der Waals surface area (Å²) >= 11 is 0. The number of nitrogen functional groups attached to an aromatic ring is 2. The lowest BCUT2D eigenvalue weighted by Crippen LogP contribution is -1.99. The fourth-order valence-electron chi connectivity index (χ4n) is 1.84. The molecule has 0 spiro atoms. The first-order valence-electron chi connectivity index (χ1n) is 5.72. The average molecular weight is 252 g/mol. The number of nitrogens with two attached hydrogens (primary N) is 2. The summed E-state index contributed by atoms with van der Waals surface area (Å²) in [4.78, 5) is 8.29. The van der Waals surface area contributed by atoms with Crippen LogP contribution in [0.3, 0.4) is 0 Å². The van der Waals surface area contributed by atoms with Gasteiger partial charge in [0, 0.05) is 17.6 Å². The predicted octanol–water partition coefficient (Wildman–Crippen LogP) is 1.49.